The lowest BCUT2D eigenvalue weighted by atomic mass is 10.3. The Labute approximate surface area is 101 Å². The van der Waals surface area contributed by atoms with Crippen molar-refractivity contribution in [2.75, 3.05) is 24.4 Å². The van der Waals surface area contributed by atoms with Crippen LogP contribution in [0.15, 0.2) is 24.3 Å². The van der Waals surface area contributed by atoms with Gasteiger partial charge in [0.1, 0.15) is 18.4 Å². The Hall–Kier alpha value is -0.870. The van der Waals surface area contributed by atoms with Crippen molar-refractivity contribution in [3.63, 3.8) is 0 Å². The van der Waals surface area contributed by atoms with Crippen molar-refractivity contribution in [2.45, 2.75) is 13.0 Å². The maximum absolute atomic E-state index is 8.89. The summed E-state index contributed by atoms with van der Waals surface area (Å²) in [7, 11) is -2.49. The first-order chi connectivity index (χ1) is 8.25. The van der Waals surface area contributed by atoms with E-state index in [1.54, 1.807) is 0 Å². The lowest BCUT2D eigenvalue weighted by Crippen LogP contribution is -2.20. The number of aliphatic hydroxyl groups is 1. The first-order valence-corrected chi connectivity index (χ1v) is 7.14. The van der Waals surface area contributed by atoms with Crippen molar-refractivity contribution in [2.24, 2.45) is 0 Å². The van der Waals surface area contributed by atoms with Gasteiger partial charge in [-0.05, 0) is 19.1 Å². The maximum atomic E-state index is 8.89. The van der Waals surface area contributed by atoms with Crippen molar-refractivity contribution in [1.82, 2.24) is 0 Å². The fourth-order valence-corrected chi connectivity index (χ4v) is 4.72. The van der Waals surface area contributed by atoms with Crippen molar-refractivity contribution in [1.29, 1.82) is 0 Å². The highest BCUT2D eigenvalue weighted by Gasteiger charge is 2.66. The summed E-state index contributed by atoms with van der Waals surface area (Å²) in [5, 5.41) is 8.89. The van der Waals surface area contributed by atoms with E-state index in [9.17, 15) is 0 Å². The van der Waals surface area contributed by atoms with Crippen molar-refractivity contribution >= 4 is 13.8 Å². The summed E-state index contributed by atoms with van der Waals surface area (Å²) in [6.45, 7) is 2.95. The molecule has 2 aliphatic heterocycles. The molecule has 2 atom stereocenters. The fourth-order valence-electron chi connectivity index (χ4n) is 2.12. The summed E-state index contributed by atoms with van der Waals surface area (Å²) in [4.78, 5) is 0. The van der Waals surface area contributed by atoms with Crippen molar-refractivity contribution in [3.05, 3.63) is 24.3 Å². The number of fused-ring (bicyclic) bond motifs is 3. The van der Waals surface area contributed by atoms with E-state index in [2.05, 4.69) is 4.67 Å². The Bertz CT molecular complexity index is 430. The molecule has 6 heteroatoms. The standard InChI is InChI=1S/C11H15NO4P/c1-9-8-12-10-4-2-3-5-11(10)16-17(12,15-9)14-7-6-13/h2-5,9,13H,6-8H2,1H3/q+1. The maximum Gasteiger partial charge on any atom is 0.576 e. The molecule has 0 amide bonds. The van der Waals surface area contributed by atoms with Crippen LogP contribution in [0.1, 0.15) is 6.92 Å². The Balaban J connectivity index is 1.94. The number of rotatable bonds is 3. The molecule has 1 aromatic carbocycles. The predicted molar refractivity (Wildman–Crippen MR) is 64.9 cm³/mol. The molecule has 2 heterocycles. The lowest BCUT2D eigenvalue weighted by Gasteiger charge is -2.15. The van der Waals surface area contributed by atoms with Crippen LogP contribution in [0.25, 0.3) is 0 Å². The van der Waals surface area contributed by atoms with Gasteiger partial charge in [-0.15, -0.1) is 9.05 Å². The van der Waals surface area contributed by atoms with Gasteiger partial charge in [-0.2, -0.15) is 4.67 Å². The zero-order chi connectivity index (χ0) is 11.9. The van der Waals surface area contributed by atoms with Crippen LogP contribution in [0.5, 0.6) is 5.75 Å². The van der Waals surface area contributed by atoms with E-state index in [1.807, 2.05) is 31.2 Å². The average molecular weight is 256 g/mol. The molecule has 5 nitrogen and oxygen atoms in total. The third-order valence-corrected chi connectivity index (χ3v) is 5.27. The third kappa shape index (κ3) is 1.70. The van der Waals surface area contributed by atoms with E-state index in [0.717, 1.165) is 18.0 Å². The molecule has 0 spiro atoms. The minimum Gasteiger partial charge on any atom is -0.394 e. The molecule has 2 aliphatic rings. The second kappa shape index (κ2) is 4.10. The zero-order valence-electron chi connectivity index (χ0n) is 9.57. The molecule has 1 saturated heterocycles. The summed E-state index contributed by atoms with van der Waals surface area (Å²) < 4.78 is 19.4. The topological polar surface area (TPSA) is 51.2 Å². The van der Waals surface area contributed by atoms with Gasteiger partial charge in [-0.3, -0.25) is 4.52 Å². The first-order valence-electron chi connectivity index (χ1n) is 5.65. The largest absolute Gasteiger partial charge is 0.576 e. The zero-order valence-corrected chi connectivity index (χ0v) is 10.5. The van der Waals surface area contributed by atoms with Gasteiger partial charge in [-0.25, -0.2) is 0 Å². The second-order valence-electron chi connectivity index (χ2n) is 4.08. The molecule has 0 aliphatic carbocycles. The summed E-state index contributed by atoms with van der Waals surface area (Å²) in [6.07, 6.45) is 0.0791. The number of benzene rings is 1. The van der Waals surface area contributed by atoms with E-state index in [1.165, 1.54) is 0 Å². The van der Waals surface area contributed by atoms with Crippen LogP contribution in [0, 0.1) is 0 Å². The summed E-state index contributed by atoms with van der Waals surface area (Å²) >= 11 is 0. The number of aliphatic hydroxyl groups excluding tert-OH is 1. The normalized spacial score (nSPS) is 30.0. The molecule has 92 valence electrons. The monoisotopic (exact) mass is 256 g/mol. The van der Waals surface area contributed by atoms with E-state index in [0.29, 0.717) is 0 Å². The van der Waals surface area contributed by atoms with E-state index in [4.69, 9.17) is 18.7 Å². The molecule has 17 heavy (non-hydrogen) atoms. The summed E-state index contributed by atoms with van der Waals surface area (Å²) in [5.74, 6) is 0.797. The number of hydrogen-bond acceptors (Lipinski definition) is 5. The molecule has 1 aromatic rings. The van der Waals surface area contributed by atoms with E-state index < -0.39 is 8.09 Å². The number of hydrogen-bond donors (Lipinski definition) is 1. The van der Waals surface area contributed by atoms with Crippen molar-refractivity contribution in [3.8, 4) is 5.75 Å². The number of nitrogens with zero attached hydrogens (tertiary/aromatic N) is 1. The van der Waals surface area contributed by atoms with E-state index in [-0.39, 0.29) is 19.3 Å². The minimum atomic E-state index is -2.49. The van der Waals surface area contributed by atoms with Crippen LogP contribution < -0.4 is 9.19 Å². The minimum absolute atomic E-state index is 0.0347. The van der Waals surface area contributed by atoms with Crippen LogP contribution in [0.3, 0.4) is 0 Å². The van der Waals surface area contributed by atoms with Gasteiger partial charge in [0.15, 0.2) is 0 Å². The van der Waals surface area contributed by atoms with Gasteiger partial charge in [0.05, 0.1) is 13.2 Å². The molecule has 0 aromatic heterocycles. The third-order valence-electron chi connectivity index (χ3n) is 2.74. The number of para-hydroxylation sites is 2. The van der Waals surface area contributed by atoms with Gasteiger partial charge in [0.2, 0.25) is 5.75 Å². The Kier molecular flexibility index (Phi) is 2.71. The van der Waals surface area contributed by atoms with Gasteiger partial charge < -0.3 is 5.11 Å². The SMILES string of the molecule is CC1CN2c3ccccc3O[P+]2(OCCO)O1. The summed E-state index contributed by atoms with van der Waals surface area (Å²) in [6, 6.07) is 7.80. The molecule has 0 bridgehead atoms. The molecule has 1 fully saturated rings. The van der Waals surface area contributed by atoms with Crippen LogP contribution in [-0.2, 0) is 9.05 Å². The average Bonchev–Trinajstić information content (AvgIpc) is 2.78. The molecule has 3 rings (SSSR count). The van der Waals surface area contributed by atoms with Crippen molar-refractivity contribution < 1.29 is 18.7 Å². The fraction of sp³-hybridized carbons (Fsp3) is 0.455. The Morgan fingerprint density at radius 1 is 1.53 bits per heavy atom. The van der Waals surface area contributed by atoms with Gasteiger partial charge in [0.25, 0.3) is 0 Å². The quantitative estimate of drug-likeness (QED) is 0.838. The van der Waals surface area contributed by atoms with Gasteiger partial charge >= 0.3 is 8.09 Å². The Morgan fingerprint density at radius 2 is 2.35 bits per heavy atom. The van der Waals surface area contributed by atoms with Gasteiger partial charge in [-0.1, -0.05) is 12.1 Å². The predicted octanol–water partition coefficient (Wildman–Crippen LogP) is 1.99. The van der Waals surface area contributed by atoms with Crippen LogP contribution in [0.4, 0.5) is 5.69 Å². The molecule has 1 N–H and O–H groups in total. The van der Waals surface area contributed by atoms with Crippen LogP contribution in [0.2, 0.25) is 0 Å². The Morgan fingerprint density at radius 3 is 3.18 bits per heavy atom. The lowest BCUT2D eigenvalue weighted by molar-refractivity contribution is 0.143. The summed E-state index contributed by atoms with van der Waals surface area (Å²) in [5.41, 5.74) is 1.02. The van der Waals surface area contributed by atoms with Crippen LogP contribution >= 0.6 is 8.09 Å². The van der Waals surface area contributed by atoms with Crippen LogP contribution in [-0.4, -0.2) is 31.0 Å². The highest BCUT2D eigenvalue weighted by Crippen LogP contribution is 2.75. The number of anilines is 1. The smallest absolute Gasteiger partial charge is 0.394 e. The molecular formula is C11H15NO4P+. The highest BCUT2D eigenvalue weighted by molar-refractivity contribution is 7.64. The molecule has 0 radical (unpaired) electrons. The first kappa shape index (κ1) is 11.2. The molecule has 0 saturated carbocycles. The van der Waals surface area contributed by atoms with Gasteiger partial charge in [0, 0.05) is 0 Å². The second-order valence-corrected chi connectivity index (χ2v) is 6.15. The highest BCUT2D eigenvalue weighted by atomic mass is 31.2. The molecular weight excluding hydrogens is 241 g/mol. The molecule has 2 unspecified atom stereocenters. The van der Waals surface area contributed by atoms with E-state index >= 15 is 0 Å².